The summed E-state index contributed by atoms with van der Waals surface area (Å²) in [5.74, 6) is -0.139. The Hall–Kier alpha value is -3.22. The molecule has 2 N–H and O–H groups in total. The monoisotopic (exact) mass is 462 g/mol. The number of carbonyl (C=O) groups excluding carboxylic acids is 1. The van der Waals surface area contributed by atoms with Gasteiger partial charge in [-0.05, 0) is 86.3 Å². The van der Waals surface area contributed by atoms with Gasteiger partial charge in [0, 0.05) is 29.1 Å². The number of halogens is 1. The molecule has 0 saturated carbocycles. The number of nitrogens with zero attached hydrogens (tertiary/aromatic N) is 3. The third-order valence-corrected chi connectivity index (χ3v) is 5.97. The van der Waals surface area contributed by atoms with Gasteiger partial charge >= 0.3 is 0 Å². The van der Waals surface area contributed by atoms with Crippen LogP contribution in [-0.4, -0.2) is 30.1 Å². The number of rotatable bonds is 7. The van der Waals surface area contributed by atoms with Crippen LogP contribution in [0.2, 0.25) is 5.02 Å². The van der Waals surface area contributed by atoms with Crippen LogP contribution in [0.15, 0.2) is 64.9 Å². The van der Waals surface area contributed by atoms with Gasteiger partial charge in [-0.1, -0.05) is 29.0 Å². The molecule has 0 aromatic heterocycles. The molecular weight excluding hydrogens is 436 g/mol. The molecule has 170 valence electrons. The van der Waals surface area contributed by atoms with Crippen molar-refractivity contribution in [3.63, 3.8) is 0 Å². The number of anilines is 3. The summed E-state index contributed by atoms with van der Waals surface area (Å²) < 4.78 is 0. The van der Waals surface area contributed by atoms with Gasteiger partial charge in [-0.3, -0.25) is 4.79 Å². The van der Waals surface area contributed by atoms with Gasteiger partial charge in [-0.2, -0.15) is 5.11 Å². The van der Waals surface area contributed by atoms with Crippen molar-refractivity contribution in [1.82, 2.24) is 0 Å². The first-order chi connectivity index (χ1) is 15.8. The lowest BCUT2D eigenvalue weighted by molar-refractivity contribution is 0.103. The van der Waals surface area contributed by atoms with Crippen molar-refractivity contribution in [2.24, 2.45) is 10.3 Å². The van der Waals surface area contributed by atoms with Gasteiger partial charge in [0.05, 0.1) is 23.3 Å². The molecule has 1 heterocycles. The van der Waals surface area contributed by atoms with E-state index >= 15 is 0 Å². The molecule has 3 aromatic rings. The fourth-order valence-electron chi connectivity index (χ4n) is 4.01. The maximum absolute atomic E-state index is 13.4. The molecule has 1 aliphatic rings. The Labute approximate surface area is 198 Å². The Morgan fingerprint density at radius 2 is 1.79 bits per heavy atom. The van der Waals surface area contributed by atoms with Crippen molar-refractivity contribution in [2.45, 2.75) is 33.2 Å². The smallest absolute Gasteiger partial charge is 0.194 e. The molecule has 0 saturated heterocycles. The van der Waals surface area contributed by atoms with Crippen LogP contribution < -0.4 is 10.3 Å². The molecule has 3 aromatic carbocycles. The van der Waals surface area contributed by atoms with E-state index in [2.05, 4.69) is 47.7 Å². The number of carbonyl (C=O) groups is 1. The predicted octanol–water partition coefficient (Wildman–Crippen LogP) is 6.18. The number of nitrogens with one attached hydrogen (secondary N) is 1. The van der Waals surface area contributed by atoms with Gasteiger partial charge in [-0.15, -0.1) is 0 Å². The molecule has 7 heteroatoms. The molecule has 33 heavy (non-hydrogen) atoms. The Morgan fingerprint density at radius 1 is 1.03 bits per heavy atom. The second-order valence-corrected chi connectivity index (χ2v) is 8.88. The summed E-state index contributed by atoms with van der Waals surface area (Å²) in [6.07, 6.45) is 0.565. The number of aryl methyl sites for hydroxylation is 3. The van der Waals surface area contributed by atoms with Gasteiger partial charge < -0.3 is 10.4 Å². The summed E-state index contributed by atoms with van der Waals surface area (Å²) in [6, 6.07) is 17.3. The van der Waals surface area contributed by atoms with Crippen LogP contribution in [0.25, 0.3) is 0 Å². The largest absolute Gasteiger partial charge is 0.396 e. The Balaban J connectivity index is 1.56. The predicted molar refractivity (Wildman–Crippen MR) is 133 cm³/mol. The highest BCUT2D eigenvalue weighted by Gasteiger charge is 2.22. The second kappa shape index (κ2) is 9.73. The molecule has 1 aliphatic heterocycles. The van der Waals surface area contributed by atoms with Crippen LogP contribution in [0.5, 0.6) is 0 Å². The van der Waals surface area contributed by atoms with Crippen molar-refractivity contribution < 1.29 is 9.90 Å². The van der Waals surface area contributed by atoms with E-state index in [1.807, 2.05) is 31.2 Å². The molecule has 0 bridgehead atoms. The van der Waals surface area contributed by atoms with E-state index in [1.165, 1.54) is 11.1 Å². The second-order valence-electron chi connectivity index (χ2n) is 8.48. The normalized spacial score (nSPS) is 15.2. The van der Waals surface area contributed by atoms with Crippen molar-refractivity contribution in [3.8, 4) is 0 Å². The van der Waals surface area contributed by atoms with Crippen molar-refractivity contribution in [3.05, 3.63) is 87.4 Å². The first-order valence-electron chi connectivity index (χ1n) is 10.9. The molecule has 0 amide bonds. The summed E-state index contributed by atoms with van der Waals surface area (Å²) >= 11 is 6.55. The molecule has 0 radical (unpaired) electrons. The van der Waals surface area contributed by atoms with E-state index < -0.39 is 0 Å². The number of aliphatic hydroxyl groups excluding tert-OH is 1. The van der Waals surface area contributed by atoms with E-state index in [-0.39, 0.29) is 18.4 Å². The van der Waals surface area contributed by atoms with Crippen LogP contribution in [0.1, 0.15) is 39.0 Å². The average molecular weight is 463 g/mol. The zero-order valence-electron chi connectivity index (χ0n) is 19.0. The summed E-state index contributed by atoms with van der Waals surface area (Å²) in [6.45, 7) is 6.67. The molecule has 1 atom stereocenters. The number of aliphatic hydroxyl groups is 1. The maximum atomic E-state index is 13.4. The van der Waals surface area contributed by atoms with Crippen LogP contribution in [0.3, 0.4) is 0 Å². The summed E-state index contributed by atoms with van der Waals surface area (Å²) in [5.41, 5.74) is 6.81. The van der Waals surface area contributed by atoms with Gasteiger partial charge in [0.1, 0.15) is 0 Å². The van der Waals surface area contributed by atoms with Crippen LogP contribution in [-0.2, 0) is 0 Å². The lowest BCUT2D eigenvalue weighted by Crippen LogP contribution is -2.21. The molecule has 0 fully saturated rings. The topological polar surface area (TPSA) is 77.3 Å². The summed E-state index contributed by atoms with van der Waals surface area (Å²) in [4.78, 5) is 13.4. The average Bonchev–Trinajstić information content (AvgIpc) is 3.22. The quantitative estimate of drug-likeness (QED) is 0.411. The maximum Gasteiger partial charge on any atom is 0.194 e. The van der Waals surface area contributed by atoms with Crippen LogP contribution >= 0.6 is 11.6 Å². The van der Waals surface area contributed by atoms with Gasteiger partial charge in [0.15, 0.2) is 5.78 Å². The zero-order valence-corrected chi connectivity index (χ0v) is 19.7. The minimum Gasteiger partial charge on any atom is -0.396 e. The number of hydrogen-bond acceptors (Lipinski definition) is 6. The standard InChI is InChI=1S/C26H27ClN4O2/c1-16-10-17(2)12-21(11-16)28-19-5-7-23(25(27)13-19)26(33)24-14-22(6-4-18(24)3)31-15-20(8-9-32)29-30-31/h4-7,10-14,20,28,32H,8-9,15H2,1-3H3. The third-order valence-electron chi connectivity index (χ3n) is 5.66. The van der Waals surface area contributed by atoms with E-state index in [0.29, 0.717) is 29.1 Å². The fourth-order valence-corrected chi connectivity index (χ4v) is 4.28. The van der Waals surface area contributed by atoms with Crippen molar-refractivity contribution >= 4 is 34.4 Å². The minimum atomic E-state index is -0.139. The molecule has 0 aliphatic carbocycles. The third kappa shape index (κ3) is 5.24. The lowest BCUT2D eigenvalue weighted by atomic mass is 9.98. The lowest BCUT2D eigenvalue weighted by Gasteiger charge is -2.16. The van der Waals surface area contributed by atoms with Crippen molar-refractivity contribution in [1.29, 1.82) is 0 Å². The Bertz CT molecular complexity index is 1200. The molecule has 0 spiro atoms. The van der Waals surface area contributed by atoms with Gasteiger partial charge in [0.2, 0.25) is 0 Å². The summed E-state index contributed by atoms with van der Waals surface area (Å²) in [7, 11) is 0. The van der Waals surface area contributed by atoms with E-state index in [9.17, 15) is 4.79 Å². The molecule has 4 rings (SSSR count). The minimum absolute atomic E-state index is 0.0397. The SMILES string of the molecule is Cc1cc(C)cc(Nc2ccc(C(=O)c3cc(N4CC(CCO)N=N4)ccc3C)c(Cl)c2)c1. The van der Waals surface area contributed by atoms with Crippen molar-refractivity contribution in [2.75, 3.05) is 23.5 Å². The highest BCUT2D eigenvalue weighted by molar-refractivity contribution is 6.35. The zero-order chi connectivity index (χ0) is 23.5. The highest BCUT2D eigenvalue weighted by Crippen LogP contribution is 2.30. The van der Waals surface area contributed by atoms with E-state index in [4.69, 9.17) is 16.7 Å². The number of hydrogen-bond donors (Lipinski definition) is 2. The van der Waals surface area contributed by atoms with Crippen LogP contribution in [0, 0.1) is 20.8 Å². The highest BCUT2D eigenvalue weighted by atomic mass is 35.5. The first-order valence-corrected chi connectivity index (χ1v) is 11.3. The molecule has 6 nitrogen and oxygen atoms in total. The number of ketones is 1. The van der Waals surface area contributed by atoms with E-state index in [1.54, 1.807) is 17.1 Å². The van der Waals surface area contributed by atoms with Gasteiger partial charge in [-0.25, -0.2) is 5.01 Å². The first kappa shape index (κ1) is 23.0. The Kier molecular flexibility index (Phi) is 6.77. The fraction of sp³-hybridized carbons (Fsp3) is 0.269. The Morgan fingerprint density at radius 3 is 2.48 bits per heavy atom. The molecular formula is C26H27ClN4O2. The molecule has 1 unspecified atom stereocenters. The number of benzene rings is 3. The van der Waals surface area contributed by atoms with E-state index in [0.717, 1.165) is 22.6 Å². The van der Waals surface area contributed by atoms with Crippen LogP contribution in [0.4, 0.5) is 17.1 Å². The summed E-state index contributed by atoms with van der Waals surface area (Å²) in [5, 5.41) is 23.0. The van der Waals surface area contributed by atoms with Gasteiger partial charge in [0.25, 0.3) is 0 Å².